The molecule has 2 aromatic heterocycles. The van der Waals surface area contributed by atoms with Gasteiger partial charge in [-0.25, -0.2) is 0 Å². The van der Waals surface area contributed by atoms with Gasteiger partial charge in [-0.15, -0.1) is 20.4 Å². The van der Waals surface area contributed by atoms with Gasteiger partial charge in [0.15, 0.2) is 4.34 Å². The maximum Gasteiger partial charge on any atom is 0.247 e. The zero-order chi connectivity index (χ0) is 16.9. The molecule has 0 saturated heterocycles. The molecular formula is C16H19N5OS2. The molecule has 3 aromatic rings. The van der Waals surface area contributed by atoms with E-state index in [-0.39, 0.29) is 0 Å². The van der Waals surface area contributed by atoms with Crippen LogP contribution in [0.1, 0.15) is 25.3 Å². The molecule has 0 saturated carbocycles. The number of nitrogens with zero attached hydrogens (tertiary/aromatic N) is 4. The number of hydrogen-bond donors (Lipinski definition) is 1. The van der Waals surface area contributed by atoms with Crippen molar-refractivity contribution in [2.45, 2.75) is 30.9 Å². The first-order valence-corrected chi connectivity index (χ1v) is 9.50. The van der Waals surface area contributed by atoms with E-state index in [0.717, 1.165) is 21.6 Å². The Labute approximate surface area is 149 Å². The van der Waals surface area contributed by atoms with E-state index in [4.69, 9.17) is 4.42 Å². The zero-order valence-corrected chi connectivity index (χ0v) is 15.4. The molecule has 0 fully saturated rings. The fourth-order valence-corrected chi connectivity index (χ4v) is 3.47. The van der Waals surface area contributed by atoms with Gasteiger partial charge in [-0.1, -0.05) is 54.6 Å². The highest BCUT2D eigenvalue weighted by atomic mass is 32.2. The van der Waals surface area contributed by atoms with Crippen LogP contribution in [-0.2, 0) is 5.75 Å². The fourth-order valence-electron chi connectivity index (χ4n) is 1.88. The van der Waals surface area contributed by atoms with Crippen LogP contribution in [0, 0.1) is 12.8 Å². The quantitative estimate of drug-likeness (QED) is 0.630. The molecule has 0 atom stereocenters. The van der Waals surface area contributed by atoms with E-state index in [2.05, 4.69) is 39.6 Å². The van der Waals surface area contributed by atoms with Crippen molar-refractivity contribution in [3.63, 3.8) is 0 Å². The number of anilines is 1. The Morgan fingerprint density at radius 1 is 1.12 bits per heavy atom. The Bertz CT molecular complexity index is 782. The van der Waals surface area contributed by atoms with Gasteiger partial charge in [0.1, 0.15) is 0 Å². The Morgan fingerprint density at radius 2 is 1.92 bits per heavy atom. The van der Waals surface area contributed by atoms with E-state index in [1.807, 2.05) is 31.2 Å². The largest absolute Gasteiger partial charge is 0.420 e. The second-order valence-electron chi connectivity index (χ2n) is 5.80. The van der Waals surface area contributed by atoms with E-state index in [9.17, 15) is 0 Å². The van der Waals surface area contributed by atoms with Gasteiger partial charge in [-0.3, -0.25) is 0 Å². The predicted molar refractivity (Wildman–Crippen MR) is 97.3 cm³/mol. The molecule has 8 heteroatoms. The van der Waals surface area contributed by atoms with Crippen LogP contribution in [-0.4, -0.2) is 26.9 Å². The van der Waals surface area contributed by atoms with Gasteiger partial charge in [0, 0.05) is 12.1 Å². The van der Waals surface area contributed by atoms with Crippen molar-refractivity contribution in [1.29, 1.82) is 0 Å². The molecule has 1 aromatic carbocycles. The van der Waals surface area contributed by atoms with Crippen molar-refractivity contribution in [3.8, 4) is 11.5 Å². The second-order valence-corrected chi connectivity index (χ2v) is 8.00. The average molecular weight is 361 g/mol. The normalized spacial score (nSPS) is 11.2. The summed E-state index contributed by atoms with van der Waals surface area (Å²) < 4.78 is 6.60. The van der Waals surface area contributed by atoms with E-state index < -0.39 is 0 Å². The summed E-state index contributed by atoms with van der Waals surface area (Å²) >= 11 is 3.09. The molecule has 0 aliphatic heterocycles. The third-order valence-electron chi connectivity index (χ3n) is 3.15. The number of thioether (sulfide) groups is 1. The van der Waals surface area contributed by atoms with Crippen molar-refractivity contribution in [2.75, 3.05) is 11.9 Å². The highest BCUT2D eigenvalue weighted by Gasteiger charge is 2.11. The van der Waals surface area contributed by atoms with Crippen LogP contribution in [0.2, 0.25) is 0 Å². The molecule has 24 heavy (non-hydrogen) atoms. The molecule has 0 aliphatic carbocycles. The molecular weight excluding hydrogens is 342 g/mol. The number of hydrogen-bond acceptors (Lipinski definition) is 8. The van der Waals surface area contributed by atoms with Gasteiger partial charge in [0.05, 0.1) is 5.75 Å². The first-order chi connectivity index (χ1) is 11.6. The lowest BCUT2D eigenvalue weighted by Gasteiger charge is -2.03. The smallest absolute Gasteiger partial charge is 0.247 e. The summed E-state index contributed by atoms with van der Waals surface area (Å²) in [5, 5.41) is 20.6. The minimum Gasteiger partial charge on any atom is -0.420 e. The minimum atomic E-state index is 0.544. The Hall–Kier alpha value is -1.93. The first-order valence-electron chi connectivity index (χ1n) is 7.70. The third kappa shape index (κ3) is 4.55. The Balaban J connectivity index is 1.56. The monoisotopic (exact) mass is 361 g/mol. The predicted octanol–water partition coefficient (Wildman–Crippen LogP) is 4.26. The van der Waals surface area contributed by atoms with Gasteiger partial charge in [-0.2, -0.15) is 0 Å². The number of aryl methyl sites for hydroxylation is 1. The van der Waals surface area contributed by atoms with Gasteiger partial charge in [0.25, 0.3) is 0 Å². The molecule has 126 valence electrons. The Kier molecular flexibility index (Phi) is 5.47. The maximum absolute atomic E-state index is 5.71. The number of rotatable bonds is 7. The number of nitrogens with one attached hydrogen (secondary N) is 1. The third-order valence-corrected chi connectivity index (χ3v) is 5.15. The molecule has 0 amide bonds. The summed E-state index contributed by atoms with van der Waals surface area (Å²) in [7, 11) is 0. The van der Waals surface area contributed by atoms with Crippen LogP contribution >= 0.6 is 23.1 Å². The summed E-state index contributed by atoms with van der Waals surface area (Å²) in [6.07, 6.45) is 0. The van der Waals surface area contributed by atoms with Gasteiger partial charge < -0.3 is 9.73 Å². The van der Waals surface area contributed by atoms with Crippen molar-refractivity contribution < 1.29 is 4.42 Å². The SMILES string of the molecule is Cc1ccc(-c2nnc(CSc3nnc(NCC(C)C)s3)o2)cc1. The van der Waals surface area contributed by atoms with Crippen LogP contribution in [0.3, 0.4) is 0 Å². The molecule has 3 rings (SSSR count). The Morgan fingerprint density at radius 3 is 2.67 bits per heavy atom. The van der Waals surface area contributed by atoms with Crippen molar-refractivity contribution >= 4 is 28.2 Å². The lowest BCUT2D eigenvalue weighted by Crippen LogP contribution is -2.07. The number of aromatic nitrogens is 4. The minimum absolute atomic E-state index is 0.544. The molecule has 1 N–H and O–H groups in total. The van der Waals surface area contributed by atoms with Crippen LogP contribution in [0.15, 0.2) is 33.0 Å². The van der Waals surface area contributed by atoms with Gasteiger partial charge in [-0.05, 0) is 25.0 Å². The molecule has 0 unspecified atom stereocenters. The van der Waals surface area contributed by atoms with Crippen molar-refractivity contribution in [3.05, 3.63) is 35.7 Å². The molecule has 0 spiro atoms. The molecule has 6 nitrogen and oxygen atoms in total. The van der Waals surface area contributed by atoms with Crippen LogP contribution in [0.25, 0.3) is 11.5 Å². The molecule has 2 heterocycles. The highest BCUT2D eigenvalue weighted by molar-refractivity contribution is 8.00. The summed E-state index contributed by atoms with van der Waals surface area (Å²) in [4.78, 5) is 0. The topological polar surface area (TPSA) is 76.7 Å². The molecule has 0 radical (unpaired) electrons. The number of benzene rings is 1. The summed E-state index contributed by atoms with van der Waals surface area (Å²) in [6.45, 7) is 7.25. The summed E-state index contributed by atoms with van der Waals surface area (Å²) in [6, 6.07) is 8.02. The van der Waals surface area contributed by atoms with E-state index in [1.54, 1.807) is 11.8 Å². The van der Waals surface area contributed by atoms with Crippen LogP contribution in [0.4, 0.5) is 5.13 Å². The summed E-state index contributed by atoms with van der Waals surface area (Å²) in [5.41, 5.74) is 2.13. The van der Waals surface area contributed by atoms with Crippen LogP contribution in [0.5, 0.6) is 0 Å². The first kappa shape index (κ1) is 16.9. The van der Waals surface area contributed by atoms with E-state index in [0.29, 0.717) is 23.5 Å². The lowest BCUT2D eigenvalue weighted by atomic mass is 10.1. The van der Waals surface area contributed by atoms with Gasteiger partial charge in [0.2, 0.25) is 16.9 Å². The maximum atomic E-state index is 5.71. The molecule has 0 bridgehead atoms. The van der Waals surface area contributed by atoms with Crippen molar-refractivity contribution in [1.82, 2.24) is 20.4 Å². The zero-order valence-electron chi connectivity index (χ0n) is 13.8. The van der Waals surface area contributed by atoms with Crippen LogP contribution < -0.4 is 5.32 Å². The highest BCUT2D eigenvalue weighted by Crippen LogP contribution is 2.29. The van der Waals surface area contributed by atoms with Gasteiger partial charge >= 0.3 is 0 Å². The van der Waals surface area contributed by atoms with Crippen molar-refractivity contribution in [2.24, 2.45) is 5.92 Å². The summed E-state index contributed by atoms with van der Waals surface area (Å²) in [5.74, 6) is 2.28. The second kappa shape index (κ2) is 7.76. The standard InChI is InChI=1S/C16H19N5OS2/c1-10(2)8-17-15-20-21-16(24-15)23-9-13-18-19-14(22-13)12-6-4-11(3)5-7-12/h4-7,10H,8-9H2,1-3H3,(H,17,20). The van der Waals surface area contributed by atoms with E-state index in [1.165, 1.54) is 16.9 Å². The average Bonchev–Trinajstić information content (AvgIpc) is 3.21. The lowest BCUT2D eigenvalue weighted by molar-refractivity contribution is 0.528. The fraction of sp³-hybridized carbons (Fsp3) is 0.375. The van der Waals surface area contributed by atoms with E-state index >= 15 is 0 Å². The molecule has 0 aliphatic rings.